The predicted octanol–water partition coefficient (Wildman–Crippen LogP) is 3.59. The Hall–Kier alpha value is -2.31. The minimum atomic E-state index is -4.42. The quantitative estimate of drug-likeness (QED) is 0.903. The van der Waals surface area contributed by atoms with Crippen LogP contribution in [0.2, 0.25) is 0 Å². The molecule has 106 valence electrons. The van der Waals surface area contributed by atoms with Crippen LogP contribution in [0, 0.1) is 6.92 Å². The Balaban J connectivity index is 2.40. The number of hydrogen-bond donors (Lipinski definition) is 2. The second-order valence-corrected chi connectivity index (χ2v) is 4.14. The maximum atomic E-state index is 12.9. The maximum absolute atomic E-state index is 12.9. The summed E-state index contributed by atoms with van der Waals surface area (Å²) in [5, 5.41) is 5.45. The second-order valence-electron chi connectivity index (χ2n) is 4.14. The number of alkyl halides is 3. The molecule has 2 rings (SSSR count). The molecular weight excluding hydrogens is 269 g/mol. The normalized spacial score (nSPS) is 11.2. The number of halogens is 3. The van der Waals surface area contributed by atoms with Crippen LogP contribution in [0.25, 0.3) is 0 Å². The zero-order valence-corrected chi connectivity index (χ0v) is 10.9. The lowest BCUT2D eigenvalue weighted by Crippen LogP contribution is -2.10. The topological polar surface area (TPSA) is 49.8 Å². The van der Waals surface area contributed by atoms with E-state index in [1.54, 1.807) is 14.0 Å². The fraction of sp³-hybridized carbons (Fsp3) is 0.231. The summed E-state index contributed by atoms with van der Waals surface area (Å²) in [6, 6.07) is 5.27. The van der Waals surface area contributed by atoms with Crippen molar-refractivity contribution in [2.75, 3.05) is 17.7 Å². The molecule has 7 heteroatoms. The van der Waals surface area contributed by atoms with Gasteiger partial charge in [-0.25, -0.2) is 4.98 Å². The van der Waals surface area contributed by atoms with Crippen LogP contribution in [-0.2, 0) is 6.18 Å². The average molecular weight is 282 g/mol. The summed E-state index contributed by atoms with van der Waals surface area (Å²) in [6.07, 6.45) is -2.88. The molecule has 1 aromatic heterocycles. The van der Waals surface area contributed by atoms with Crippen molar-refractivity contribution in [3.63, 3.8) is 0 Å². The summed E-state index contributed by atoms with van der Waals surface area (Å²) in [7, 11) is 1.64. The van der Waals surface area contributed by atoms with Crippen molar-refractivity contribution in [3.8, 4) is 0 Å². The number of benzene rings is 1. The molecule has 20 heavy (non-hydrogen) atoms. The van der Waals surface area contributed by atoms with E-state index in [4.69, 9.17) is 0 Å². The third-order valence-corrected chi connectivity index (χ3v) is 2.68. The highest BCUT2D eigenvalue weighted by atomic mass is 19.4. The molecule has 0 spiro atoms. The SMILES string of the molecule is CNc1ncc(C)c(Nc2ccccc2C(F)(F)F)n1. The molecule has 0 aliphatic rings. The van der Waals surface area contributed by atoms with Gasteiger partial charge >= 0.3 is 6.18 Å². The van der Waals surface area contributed by atoms with Gasteiger partial charge in [-0.05, 0) is 19.1 Å². The Bertz CT molecular complexity index is 611. The van der Waals surface area contributed by atoms with Crippen LogP contribution in [0.1, 0.15) is 11.1 Å². The number of aryl methyl sites for hydroxylation is 1. The van der Waals surface area contributed by atoms with Crippen molar-refractivity contribution >= 4 is 17.5 Å². The number of rotatable bonds is 3. The van der Waals surface area contributed by atoms with E-state index in [2.05, 4.69) is 20.6 Å². The first kappa shape index (κ1) is 14.1. The maximum Gasteiger partial charge on any atom is 0.418 e. The zero-order chi connectivity index (χ0) is 14.8. The van der Waals surface area contributed by atoms with Crippen molar-refractivity contribution in [3.05, 3.63) is 41.6 Å². The second kappa shape index (κ2) is 5.36. The monoisotopic (exact) mass is 282 g/mol. The number of anilines is 3. The van der Waals surface area contributed by atoms with Gasteiger partial charge in [0, 0.05) is 18.8 Å². The van der Waals surface area contributed by atoms with Gasteiger partial charge in [0.05, 0.1) is 11.3 Å². The van der Waals surface area contributed by atoms with Crippen LogP contribution in [-0.4, -0.2) is 17.0 Å². The summed E-state index contributed by atoms with van der Waals surface area (Å²) in [6.45, 7) is 1.72. The van der Waals surface area contributed by atoms with E-state index in [1.807, 2.05) is 0 Å². The molecular formula is C13H13F3N4. The molecule has 0 aliphatic heterocycles. The Labute approximate surface area is 114 Å². The van der Waals surface area contributed by atoms with Crippen LogP contribution in [0.3, 0.4) is 0 Å². The lowest BCUT2D eigenvalue weighted by Gasteiger charge is -2.15. The lowest BCUT2D eigenvalue weighted by molar-refractivity contribution is -0.136. The van der Waals surface area contributed by atoms with E-state index in [0.29, 0.717) is 17.3 Å². The minimum absolute atomic E-state index is 0.0381. The minimum Gasteiger partial charge on any atom is -0.357 e. The summed E-state index contributed by atoms with van der Waals surface area (Å²) in [5.74, 6) is 0.670. The fourth-order valence-corrected chi connectivity index (χ4v) is 1.66. The highest BCUT2D eigenvalue weighted by molar-refractivity contribution is 5.64. The van der Waals surface area contributed by atoms with Gasteiger partial charge in [-0.2, -0.15) is 18.2 Å². The molecule has 0 bridgehead atoms. The fourth-order valence-electron chi connectivity index (χ4n) is 1.66. The third-order valence-electron chi connectivity index (χ3n) is 2.68. The molecule has 4 nitrogen and oxygen atoms in total. The number of para-hydroxylation sites is 1. The van der Waals surface area contributed by atoms with Gasteiger partial charge in [-0.3, -0.25) is 0 Å². The van der Waals surface area contributed by atoms with E-state index in [-0.39, 0.29) is 5.69 Å². The van der Waals surface area contributed by atoms with Crippen LogP contribution >= 0.6 is 0 Å². The molecule has 0 saturated heterocycles. The third kappa shape index (κ3) is 2.98. The van der Waals surface area contributed by atoms with Gasteiger partial charge < -0.3 is 10.6 Å². The predicted molar refractivity (Wildman–Crippen MR) is 71.0 cm³/mol. The first-order chi connectivity index (χ1) is 9.41. The van der Waals surface area contributed by atoms with Crippen molar-refractivity contribution in [2.45, 2.75) is 13.1 Å². The van der Waals surface area contributed by atoms with E-state index >= 15 is 0 Å². The number of nitrogens with one attached hydrogen (secondary N) is 2. The van der Waals surface area contributed by atoms with E-state index < -0.39 is 11.7 Å². The Morgan fingerprint density at radius 2 is 1.85 bits per heavy atom. The summed E-state index contributed by atoms with van der Waals surface area (Å²) in [4.78, 5) is 8.09. The van der Waals surface area contributed by atoms with Crippen molar-refractivity contribution in [2.24, 2.45) is 0 Å². The molecule has 0 saturated carbocycles. The molecule has 0 unspecified atom stereocenters. The smallest absolute Gasteiger partial charge is 0.357 e. The van der Waals surface area contributed by atoms with Crippen LogP contribution in [0.4, 0.5) is 30.6 Å². The lowest BCUT2D eigenvalue weighted by atomic mass is 10.1. The highest BCUT2D eigenvalue weighted by Crippen LogP contribution is 2.35. The molecule has 0 amide bonds. The molecule has 0 radical (unpaired) electrons. The van der Waals surface area contributed by atoms with E-state index in [1.165, 1.54) is 24.4 Å². The first-order valence-corrected chi connectivity index (χ1v) is 5.86. The number of hydrogen-bond acceptors (Lipinski definition) is 4. The summed E-state index contributed by atoms with van der Waals surface area (Å²) < 4.78 is 38.7. The van der Waals surface area contributed by atoms with Gasteiger partial charge in [0.1, 0.15) is 5.82 Å². The average Bonchev–Trinajstić information content (AvgIpc) is 2.41. The van der Waals surface area contributed by atoms with Gasteiger partial charge in [-0.1, -0.05) is 12.1 Å². The van der Waals surface area contributed by atoms with Gasteiger partial charge in [-0.15, -0.1) is 0 Å². The van der Waals surface area contributed by atoms with Gasteiger partial charge in [0.15, 0.2) is 0 Å². The Morgan fingerprint density at radius 3 is 2.50 bits per heavy atom. The van der Waals surface area contributed by atoms with Gasteiger partial charge in [0.2, 0.25) is 5.95 Å². The molecule has 0 aliphatic carbocycles. The van der Waals surface area contributed by atoms with E-state index in [9.17, 15) is 13.2 Å². The molecule has 2 aromatic rings. The molecule has 0 atom stereocenters. The van der Waals surface area contributed by atoms with E-state index in [0.717, 1.165) is 6.07 Å². The first-order valence-electron chi connectivity index (χ1n) is 5.86. The van der Waals surface area contributed by atoms with Crippen molar-refractivity contribution in [1.29, 1.82) is 0 Å². The molecule has 2 N–H and O–H groups in total. The van der Waals surface area contributed by atoms with Crippen LogP contribution < -0.4 is 10.6 Å². The molecule has 1 aromatic carbocycles. The van der Waals surface area contributed by atoms with Crippen LogP contribution in [0.15, 0.2) is 30.5 Å². The number of nitrogens with zero attached hydrogens (tertiary/aromatic N) is 2. The molecule has 1 heterocycles. The largest absolute Gasteiger partial charge is 0.418 e. The summed E-state index contributed by atoms with van der Waals surface area (Å²) >= 11 is 0. The standard InChI is InChI=1S/C13H13F3N4/c1-8-7-18-12(17-2)20-11(8)19-10-6-4-3-5-9(10)13(14,15)16/h3-7H,1-2H3,(H2,17,18,19,20). The van der Waals surface area contributed by atoms with Gasteiger partial charge in [0.25, 0.3) is 0 Å². The Kier molecular flexibility index (Phi) is 3.78. The van der Waals surface area contributed by atoms with Crippen LogP contribution in [0.5, 0.6) is 0 Å². The number of aromatic nitrogens is 2. The zero-order valence-electron chi connectivity index (χ0n) is 10.9. The van der Waals surface area contributed by atoms with Crippen molar-refractivity contribution in [1.82, 2.24) is 9.97 Å². The van der Waals surface area contributed by atoms with Crippen molar-refractivity contribution < 1.29 is 13.2 Å². The molecule has 0 fully saturated rings. The summed E-state index contributed by atoms with van der Waals surface area (Å²) in [5.41, 5.74) is -0.117. The Morgan fingerprint density at radius 1 is 1.15 bits per heavy atom. The highest BCUT2D eigenvalue weighted by Gasteiger charge is 2.33.